The fourth-order valence-electron chi connectivity index (χ4n) is 2.79. The van der Waals surface area contributed by atoms with E-state index >= 15 is 0 Å². The van der Waals surface area contributed by atoms with Gasteiger partial charge in [0.15, 0.2) is 0 Å². The van der Waals surface area contributed by atoms with Crippen molar-refractivity contribution >= 4 is 38.6 Å². The Hall–Kier alpha value is -1.58. The van der Waals surface area contributed by atoms with E-state index in [2.05, 4.69) is 42.6 Å². The van der Waals surface area contributed by atoms with Crippen LogP contribution in [0.1, 0.15) is 18.0 Å². The van der Waals surface area contributed by atoms with Gasteiger partial charge in [-0.3, -0.25) is 20.0 Å². The molecule has 2 aromatic heterocycles. The van der Waals surface area contributed by atoms with Crippen LogP contribution < -0.4 is 4.90 Å². The maximum Gasteiger partial charge on any atom is 0.311 e. The molecular weight excluding hydrogens is 382 g/mol. The zero-order valence-corrected chi connectivity index (χ0v) is 15.0. The number of nitrogens with zero attached hydrogens (tertiary/aromatic N) is 5. The Balaban J connectivity index is 1.74. The second-order valence-electron chi connectivity index (χ2n) is 5.32. The second kappa shape index (κ2) is 6.90. The number of thiazole rings is 1. The number of rotatable bonds is 4. The average Bonchev–Trinajstić information content (AvgIpc) is 3.08. The topological polar surface area (TPSA) is 75.4 Å². The van der Waals surface area contributed by atoms with Crippen molar-refractivity contribution in [1.82, 2.24) is 14.9 Å². The monoisotopic (exact) mass is 397 g/mol. The summed E-state index contributed by atoms with van der Waals surface area (Å²) in [6.07, 6.45) is 4.74. The van der Waals surface area contributed by atoms with Crippen LogP contribution in [0.2, 0.25) is 0 Å². The number of halogens is 1. The lowest BCUT2D eigenvalue weighted by molar-refractivity contribution is -0.384. The van der Waals surface area contributed by atoms with Gasteiger partial charge in [-0.2, -0.15) is 0 Å². The lowest BCUT2D eigenvalue weighted by Gasteiger charge is -2.38. The SMILES string of the molecule is CC(c1nccs1)N1CCN(c2c(Br)cncc2[N+](=O)[O-])CC1. The number of anilines is 1. The van der Waals surface area contributed by atoms with Crippen LogP contribution in [0, 0.1) is 10.1 Å². The number of hydrogen-bond donors (Lipinski definition) is 0. The third-order valence-corrected chi connectivity index (χ3v) is 5.56. The van der Waals surface area contributed by atoms with Gasteiger partial charge >= 0.3 is 5.69 Å². The lowest BCUT2D eigenvalue weighted by atomic mass is 10.2. The largest absolute Gasteiger partial charge is 0.362 e. The second-order valence-corrected chi connectivity index (χ2v) is 7.10. The first-order valence-electron chi connectivity index (χ1n) is 7.24. The van der Waals surface area contributed by atoms with Crippen LogP contribution in [-0.4, -0.2) is 46.0 Å². The van der Waals surface area contributed by atoms with Crippen LogP contribution in [0.15, 0.2) is 28.4 Å². The molecular formula is C14H16BrN5O2S. The molecule has 1 atom stereocenters. The van der Waals surface area contributed by atoms with E-state index in [4.69, 9.17) is 0 Å². The maximum atomic E-state index is 11.2. The van der Waals surface area contributed by atoms with Crippen molar-refractivity contribution in [3.63, 3.8) is 0 Å². The van der Waals surface area contributed by atoms with Gasteiger partial charge in [0.05, 0.1) is 15.4 Å². The summed E-state index contributed by atoms with van der Waals surface area (Å²) in [5.74, 6) is 0. The van der Waals surface area contributed by atoms with Gasteiger partial charge in [0.25, 0.3) is 0 Å². The summed E-state index contributed by atoms with van der Waals surface area (Å²) in [4.78, 5) is 23.6. The summed E-state index contributed by atoms with van der Waals surface area (Å²) in [5, 5.41) is 14.3. The van der Waals surface area contributed by atoms with Crippen LogP contribution in [0.4, 0.5) is 11.4 Å². The summed E-state index contributed by atoms with van der Waals surface area (Å²) in [5.41, 5.74) is 0.660. The molecule has 0 bridgehead atoms. The van der Waals surface area contributed by atoms with Gasteiger partial charge in [-0.1, -0.05) is 0 Å². The molecule has 9 heteroatoms. The Labute approximate surface area is 146 Å². The average molecular weight is 398 g/mol. The minimum Gasteiger partial charge on any atom is -0.362 e. The van der Waals surface area contributed by atoms with Gasteiger partial charge in [-0.25, -0.2) is 4.98 Å². The highest BCUT2D eigenvalue weighted by atomic mass is 79.9. The molecule has 0 saturated carbocycles. The van der Waals surface area contributed by atoms with Crippen LogP contribution >= 0.6 is 27.3 Å². The molecule has 0 radical (unpaired) electrons. The number of nitro groups is 1. The first kappa shape index (κ1) is 16.3. The summed E-state index contributed by atoms with van der Waals surface area (Å²) in [6.45, 7) is 5.30. The zero-order valence-electron chi connectivity index (χ0n) is 12.6. The molecule has 122 valence electrons. The van der Waals surface area contributed by atoms with Crippen molar-refractivity contribution < 1.29 is 4.92 Å². The van der Waals surface area contributed by atoms with Crippen molar-refractivity contribution in [1.29, 1.82) is 0 Å². The molecule has 23 heavy (non-hydrogen) atoms. The van der Waals surface area contributed by atoms with Crippen molar-refractivity contribution in [2.45, 2.75) is 13.0 Å². The van der Waals surface area contributed by atoms with Crippen molar-refractivity contribution in [3.05, 3.63) is 43.6 Å². The molecule has 0 aromatic carbocycles. The third-order valence-electron chi connectivity index (χ3n) is 4.04. The predicted molar refractivity (Wildman–Crippen MR) is 92.9 cm³/mol. The molecule has 2 aromatic rings. The van der Waals surface area contributed by atoms with Gasteiger partial charge in [-0.05, 0) is 22.9 Å². The highest BCUT2D eigenvalue weighted by Crippen LogP contribution is 2.35. The molecule has 1 aliphatic heterocycles. The van der Waals surface area contributed by atoms with Crippen molar-refractivity contribution in [3.8, 4) is 0 Å². The fraction of sp³-hybridized carbons (Fsp3) is 0.429. The first-order valence-corrected chi connectivity index (χ1v) is 8.91. The Bertz CT molecular complexity index is 688. The predicted octanol–water partition coefficient (Wildman–Crippen LogP) is 3.09. The lowest BCUT2D eigenvalue weighted by Crippen LogP contribution is -2.47. The smallest absolute Gasteiger partial charge is 0.311 e. The molecule has 1 saturated heterocycles. The van der Waals surface area contributed by atoms with Crippen molar-refractivity contribution in [2.75, 3.05) is 31.1 Å². The molecule has 3 rings (SSSR count). The Kier molecular flexibility index (Phi) is 4.88. The minimum atomic E-state index is -0.377. The molecule has 0 N–H and O–H groups in total. The van der Waals surface area contributed by atoms with Crippen LogP contribution in [0.25, 0.3) is 0 Å². The summed E-state index contributed by atoms with van der Waals surface area (Å²) < 4.78 is 0.660. The Morgan fingerprint density at radius 1 is 1.35 bits per heavy atom. The normalized spacial score (nSPS) is 17.2. The van der Waals surface area contributed by atoms with Gasteiger partial charge in [0.2, 0.25) is 0 Å². The van der Waals surface area contributed by atoms with E-state index in [1.807, 2.05) is 11.6 Å². The molecule has 0 spiro atoms. The summed E-state index contributed by atoms with van der Waals surface area (Å²) in [6, 6.07) is 0.271. The molecule has 1 fully saturated rings. The highest BCUT2D eigenvalue weighted by molar-refractivity contribution is 9.10. The zero-order chi connectivity index (χ0) is 16.4. The van der Waals surface area contributed by atoms with Crippen LogP contribution in [0.3, 0.4) is 0 Å². The molecule has 7 nitrogen and oxygen atoms in total. The van der Waals surface area contributed by atoms with Gasteiger partial charge in [0, 0.05) is 44.0 Å². The number of piperazine rings is 1. The fourth-order valence-corrected chi connectivity index (χ4v) is 4.10. The quantitative estimate of drug-likeness (QED) is 0.582. The van der Waals surface area contributed by atoms with E-state index in [1.54, 1.807) is 17.5 Å². The molecule has 0 amide bonds. The molecule has 1 unspecified atom stereocenters. The van der Waals surface area contributed by atoms with E-state index in [1.165, 1.54) is 6.20 Å². The van der Waals surface area contributed by atoms with Crippen LogP contribution in [0.5, 0.6) is 0 Å². The van der Waals surface area contributed by atoms with Gasteiger partial charge in [-0.15, -0.1) is 11.3 Å². The van der Waals surface area contributed by atoms with E-state index in [0.29, 0.717) is 10.2 Å². The van der Waals surface area contributed by atoms with E-state index in [-0.39, 0.29) is 16.7 Å². The third kappa shape index (κ3) is 3.36. The summed E-state index contributed by atoms with van der Waals surface area (Å²) >= 11 is 5.06. The molecule has 3 heterocycles. The number of pyridine rings is 1. The summed E-state index contributed by atoms with van der Waals surface area (Å²) in [7, 11) is 0. The van der Waals surface area contributed by atoms with E-state index in [9.17, 15) is 10.1 Å². The van der Waals surface area contributed by atoms with Crippen LogP contribution in [-0.2, 0) is 0 Å². The first-order chi connectivity index (χ1) is 11.1. The molecule has 1 aliphatic rings. The van der Waals surface area contributed by atoms with E-state index < -0.39 is 0 Å². The number of aromatic nitrogens is 2. The molecule has 0 aliphatic carbocycles. The van der Waals surface area contributed by atoms with Gasteiger partial charge < -0.3 is 4.90 Å². The maximum absolute atomic E-state index is 11.2. The number of hydrogen-bond acceptors (Lipinski definition) is 7. The minimum absolute atomic E-state index is 0.0424. The highest BCUT2D eigenvalue weighted by Gasteiger charge is 2.28. The Morgan fingerprint density at radius 2 is 2.09 bits per heavy atom. The van der Waals surface area contributed by atoms with Gasteiger partial charge in [0.1, 0.15) is 16.9 Å². The standard InChI is InChI=1S/C14H16BrN5O2S/c1-10(14-17-2-7-23-14)18-3-5-19(6-4-18)13-11(15)8-16-9-12(13)20(21)22/h2,7-10H,3-6H2,1H3. The van der Waals surface area contributed by atoms with Crippen molar-refractivity contribution in [2.24, 2.45) is 0 Å². The Morgan fingerprint density at radius 3 is 2.70 bits per heavy atom. The van der Waals surface area contributed by atoms with E-state index in [0.717, 1.165) is 31.2 Å².